The van der Waals surface area contributed by atoms with Crippen LogP contribution in [0.4, 0.5) is 0 Å². The van der Waals surface area contributed by atoms with E-state index in [4.69, 9.17) is 0 Å². The second-order valence-corrected chi connectivity index (χ2v) is 4.40. The second kappa shape index (κ2) is 5.10. The fourth-order valence-electron chi connectivity index (χ4n) is 1.59. The molecule has 0 spiro atoms. The molecule has 0 bridgehead atoms. The lowest BCUT2D eigenvalue weighted by molar-refractivity contribution is 0.809. The molecular formula is C13H15NS. The monoisotopic (exact) mass is 217 g/mol. The fourth-order valence-corrected chi connectivity index (χ4v) is 2.48. The van der Waals surface area contributed by atoms with Crippen LogP contribution in [-0.2, 0) is 0 Å². The lowest BCUT2D eigenvalue weighted by Gasteiger charge is -1.96. The maximum atomic E-state index is 3.14. The molecule has 0 saturated heterocycles. The zero-order chi connectivity index (χ0) is 10.5. The number of fused-ring (bicyclic) bond motifs is 1. The number of thiophene rings is 1. The van der Waals surface area contributed by atoms with Crippen LogP contribution in [0.3, 0.4) is 0 Å². The first-order chi connectivity index (χ1) is 7.42. The van der Waals surface area contributed by atoms with Gasteiger partial charge in [-0.3, -0.25) is 0 Å². The Balaban J connectivity index is 2.20. The summed E-state index contributed by atoms with van der Waals surface area (Å²) >= 11 is 1.81. The summed E-state index contributed by atoms with van der Waals surface area (Å²) in [5.74, 6) is 0. The van der Waals surface area contributed by atoms with Crippen LogP contribution in [0.25, 0.3) is 16.2 Å². The number of hydrogen-bond acceptors (Lipinski definition) is 2. The third kappa shape index (κ3) is 2.46. The van der Waals surface area contributed by atoms with E-state index in [0.717, 1.165) is 13.0 Å². The lowest BCUT2D eigenvalue weighted by atomic mass is 10.1. The van der Waals surface area contributed by atoms with E-state index >= 15 is 0 Å². The topological polar surface area (TPSA) is 12.0 Å². The molecule has 1 N–H and O–H groups in total. The number of nitrogens with one attached hydrogen (secondary N) is 1. The van der Waals surface area contributed by atoms with E-state index in [0.29, 0.717) is 0 Å². The summed E-state index contributed by atoms with van der Waals surface area (Å²) in [7, 11) is 1.98. The van der Waals surface area contributed by atoms with E-state index in [-0.39, 0.29) is 0 Å². The Morgan fingerprint density at radius 1 is 1.33 bits per heavy atom. The summed E-state index contributed by atoms with van der Waals surface area (Å²) < 4.78 is 1.39. The highest BCUT2D eigenvalue weighted by atomic mass is 32.1. The van der Waals surface area contributed by atoms with Gasteiger partial charge in [0.1, 0.15) is 0 Å². The van der Waals surface area contributed by atoms with Crippen LogP contribution in [-0.4, -0.2) is 13.6 Å². The molecule has 15 heavy (non-hydrogen) atoms. The predicted molar refractivity (Wildman–Crippen MR) is 69.4 cm³/mol. The van der Waals surface area contributed by atoms with Gasteiger partial charge in [-0.15, -0.1) is 11.3 Å². The van der Waals surface area contributed by atoms with Crippen LogP contribution >= 0.6 is 11.3 Å². The standard InChI is InChI=1S/C13H15NS/c1-14-9-3-2-5-11-6-4-7-12-8-10-15-13(11)12/h2,4-8,10,14H,3,9H2,1H3/b5-2+. The number of benzene rings is 1. The molecule has 0 aliphatic heterocycles. The highest BCUT2D eigenvalue weighted by Crippen LogP contribution is 2.25. The molecule has 1 heterocycles. The van der Waals surface area contributed by atoms with E-state index in [1.165, 1.54) is 15.6 Å². The van der Waals surface area contributed by atoms with Crippen molar-refractivity contribution in [2.45, 2.75) is 6.42 Å². The highest BCUT2D eigenvalue weighted by molar-refractivity contribution is 7.17. The van der Waals surface area contributed by atoms with Gasteiger partial charge in [-0.25, -0.2) is 0 Å². The van der Waals surface area contributed by atoms with Crippen molar-refractivity contribution in [2.24, 2.45) is 0 Å². The van der Waals surface area contributed by atoms with Crippen molar-refractivity contribution in [1.82, 2.24) is 5.32 Å². The molecule has 0 amide bonds. The number of hydrogen-bond donors (Lipinski definition) is 1. The van der Waals surface area contributed by atoms with Crippen molar-refractivity contribution in [3.63, 3.8) is 0 Å². The summed E-state index contributed by atoms with van der Waals surface area (Å²) in [6, 6.07) is 8.63. The Morgan fingerprint density at radius 2 is 2.27 bits per heavy atom. The molecule has 0 radical (unpaired) electrons. The van der Waals surface area contributed by atoms with Gasteiger partial charge in [0.15, 0.2) is 0 Å². The van der Waals surface area contributed by atoms with Crippen molar-refractivity contribution >= 4 is 27.5 Å². The van der Waals surface area contributed by atoms with Crippen LogP contribution in [0.1, 0.15) is 12.0 Å². The second-order valence-electron chi connectivity index (χ2n) is 3.48. The molecule has 2 aromatic rings. The van der Waals surface area contributed by atoms with Crippen LogP contribution in [0, 0.1) is 0 Å². The van der Waals surface area contributed by atoms with Crippen LogP contribution in [0.5, 0.6) is 0 Å². The Morgan fingerprint density at radius 3 is 3.13 bits per heavy atom. The van der Waals surface area contributed by atoms with Crippen LogP contribution < -0.4 is 5.32 Å². The summed E-state index contributed by atoms with van der Waals surface area (Å²) in [6.07, 6.45) is 5.53. The van der Waals surface area contributed by atoms with Crippen molar-refractivity contribution in [3.05, 3.63) is 41.3 Å². The molecule has 0 aliphatic carbocycles. The van der Waals surface area contributed by atoms with Gasteiger partial charge in [0.05, 0.1) is 0 Å². The maximum Gasteiger partial charge on any atom is 0.0414 e. The van der Waals surface area contributed by atoms with Crippen molar-refractivity contribution in [1.29, 1.82) is 0 Å². The normalized spacial score (nSPS) is 11.5. The highest BCUT2D eigenvalue weighted by Gasteiger charge is 1.97. The van der Waals surface area contributed by atoms with E-state index < -0.39 is 0 Å². The average molecular weight is 217 g/mol. The zero-order valence-electron chi connectivity index (χ0n) is 8.86. The zero-order valence-corrected chi connectivity index (χ0v) is 9.68. The molecular weight excluding hydrogens is 202 g/mol. The molecule has 0 unspecified atom stereocenters. The van der Waals surface area contributed by atoms with Crippen molar-refractivity contribution < 1.29 is 0 Å². The predicted octanol–water partition coefficient (Wildman–Crippen LogP) is 3.52. The summed E-state index contributed by atoms with van der Waals surface area (Å²) in [4.78, 5) is 0. The quantitative estimate of drug-likeness (QED) is 0.773. The van der Waals surface area contributed by atoms with Crippen LogP contribution in [0.15, 0.2) is 35.7 Å². The first-order valence-corrected chi connectivity index (χ1v) is 6.07. The first-order valence-electron chi connectivity index (χ1n) is 5.19. The van der Waals surface area contributed by atoms with Crippen molar-refractivity contribution in [3.8, 4) is 0 Å². The molecule has 1 nitrogen and oxygen atoms in total. The third-order valence-corrected chi connectivity index (χ3v) is 3.35. The Hall–Kier alpha value is -1.12. The molecule has 1 aromatic carbocycles. The van der Waals surface area contributed by atoms with Gasteiger partial charge in [0, 0.05) is 4.70 Å². The lowest BCUT2D eigenvalue weighted by Crippen LogP contribution is -2.05. The summed E-state index contributed by atoms with van der Waals surface area (Å²) in [6.45, 7) is 1.04. The SMILES string of the molecule is CNCC/C=C/c1cccc2ccsc12. The molecule has 0 aliphatic rings. The number of rotatable bonds is 4. The van der Waals surface area contributed by atoms with E-state index in [9.17, 15) is 0 Å². The molecule has 2 heteroatoms. The fraction of sp³-hybridized carbons (Fsp3) is 0.231. The van der Waals surface area contributed by atoms with Gasteiger partial charge in [0.25, 0.3) is 0 Å². The largest absolute Gasteiger partial charge is 0.319 e. The minimum atomic E-state index is 1.04. The smallest absolute Gasteiger partial charge is 0.0414 e. The summed E-state index contributed by atoms with van der Waals surface area (Å²) in [5, 5.41) is 6.63. The Labute approximate surface area is 94.4 Å². The molecule has 0 fully saturated rings. The van der Waals surface area contributed by atoms with Crippen molar-refractivity contribution in [2.75, 3.05) is 13.6 Å². The molecule has 2 rings (SSSR count). The third-order valence-electron chi connectivity index (χ3n) is 2.37. The molecule has 0 atom stereocenters. The van der Waals surface area contributed by atoms with Gasteiger partial charge < -0.3 is 5.32 Å². The van der Waals surface area contributed by atoms with E-state index in [1.54, 1.807) is 0 Å². The molecule has 1 aromatic heterocycles. The molecule has 78 valence electrons. The first kappa shape index (κ1) is 10.4. The van der Waals surface area contributed by atoms with Gasteiger partial charge in [-0.2, -0.15) is 0 Å². The summed E-state index contributed by atoms with van der Waals surface area (Å²) in [5.41, 5.74) is 1.33. The van der Waals surface area contributed by atoms with E-state index in [2.05, 4.69) is 47.1 Å². The minimum Gasteiger partial charge on any atom is -0.319 e. The van der Waals surface area contributed by atoms with Crippen LogP contribution in [0.2, 0.25) is 0 Å². The van der Waals surface area contributed by atoms with Gasteiger partial charge in [-0.05, 0) is 42.4 Å². The van der Waals surface area contributed by atoms with Gasteiger partial charge >= 0.3 is 0 Å². The molecule has 0 saturated carbocycles. The van der Waals surface area contributed by atoms with Gasteiger partial charge in [-0.1, -0.05) is 30.4 Å². The Bertz CT molecular complexity index is 456. The van der Waals surface area contributed by atoms with E-state index in [1.807, 2.05) is 18.4 Å². The van der Waals surface area contributed by atoms with Gasteiger partial charge in [0.2, 0.25) is 0 Å². The Kier molecular flexibility index (Phi) is 3.54. The average Bonchev–Trinajstić information content (AvgIpc) is 2.73. The minimum absolute atomic E-state index is 1.04. The maximum absolute atomic E-state index is 3.14.